The Hall–Kier alpha value is -0.845. The third-order valence-electron chi connectivity index (χ3n) is 1.60. The number of sulfone groups is 1. The van der Waals surface area contributed by atoms with Gasteiger partial charge in [0.25, 0.3) is 0 Å². The first kappa shape index (κ1) is 14.2. The van der Waals surface area contributed by atoms with Crippen LogP contribution in [0.15, 0.2) is 29.2 Å². The predicted octanol–water partition coefficient (Wildman–Crippen LogP) is -0.204. The summed E-state index contributed by atoms with van der Waals surface area (Å²) < 4.78 is 22.3. The molecule has 1 aromatic carbocycles. The lowest BCUT2D eigenvalue weighted by Gasteiger charge is -2.05. The number of hydrogen-bond donors (Lipinski definition) is 2. The molecule has 6 heteroatoms. The summed E-state index contributed by atoms with van der Waals surface area (Å²) >= 11 is 0. The molecule has 0 radical (unpaired) electrons. The second-order valence-corrected chi connectivity index (χ2v) is 4.67. The minimum atomic E-state index is -3.40. The van der Waals surface area contributed by atoms with Crippen molar-refractivity contribution in [1.29, 1.82) is 0 Å². The van der Waals surface area contributed by atoms with E-state index in [0.717, 1.165) is 6.26 Å². The highest BCUT2D eigenvalue weighted by atomic mass is 32.2. The maximum Gasteiger partial charge on any atom is 0.489 e. The Bertz CT molecular complexity index is 400. The molecular formula is C9H15BO4S. The van der Waals surface area contributed by atoms with Crippen LogP contribution in [0.4, 0.5) is 0 Å². The molecule has 0 spiro atoms. The summed E-state index contributed by atoms with van der Waals surface area (Å²) in [6.07, 6.45) is 1.02. The molecule has 15 heavy (non-hydrogen) atoms. The van der Waals surface area contributed by atoms with Gasteiger partial charge in [0.05, 0.1) is 4.90 Å². The lowest BCUT2D eigenvalue weighted by atomic mass is 9.80. The Balaban J connectivity index is 0.000000921. The highest BCUT2D eigenvalue weighted by molar-refractivity contribution is 7.91. The van der Waals surface area contributed by atoms with Crippen molar-refractivity contribution in [2.75, 3.05) is 6.26 Å². The van der Waals surface area contributed by atoms with Gasteiger partial charge in [-0.05, 0) is 6.07 Å². The van der Waals surface area contributed by atoms with Crippen LogP contribution >= 0.6 is 0 Å². The van der Waals surface area contributed by atoms with Crippen molar-refractivity contribution in [1.82, 2.24) is 0 Å². The van der Waals surface area contributed by atoms with Gasteiger partial charge in [-0.2, -0.15) is 0 Å². The average Bonchev–Trinajstić information content (AvgIpc) is 2.19. The third kappa shape index (κ3) is 4.03. The first-order valence-corrected chi connectivity index (χ1v) is 6.47. The van der Waals surface area contributed by atoms with E-state index in [1.165, 1.54) is 18.2 Å². The molecule has 0 saturated carbocycles. The number of rotatable bonds is 2. The van der Waals surface area contributed by atoms with Crippen LogP contribution < -0.4 is 5.46 Å². The van der Waals surface area contributed by atoms with Gasteiger partial charge in [-0.1, -0.05) is 32.0 Å². The molecule has 1 rings (SSSR count). The SMILES string of the molecule is CC.CS(=O)(=O)c1ccccc1B(O)O. The van der Waals surface area contributed by atoms with Crippen molar-refractivity contribution in [2.24, 2.45) is 0 Å². The van der Waals surface area contributed by atoms with E-state index in [4.69, 9.17) is 10.0 Å². The highest BCUT2D eigenvalue weighted by Gasteiger charge is 2.20. The van der Waals surface area contributed by atoms with Crippen molar-refractivity contribution in [2.45, 2.75) is 18.7 Å². The fourth-order valence-electron chi connectivity index (χ4n) is 1.03. The van der Waals surface area contributed by atoms with E-state index < -0.39 is 17.0 Å². The van der Waals surface area contributed by atoms with E-state index >= 15 is 0 Å². The van der Waals surface area contributed by atoms with Crippen LogP contribution in [0.25, 0.3) is 0 Å². The Kier molecular flexibility index (Phi) is 5.56. The molecule has 0 aromatic heterocycles. The molecule has 0 amide bonds. The van der Waals surface area contributed by atoms with Gasteiger partial charge in [-0.25, -0.2) is 8.42 Å². The van der Waals surface area contributed by atoms with E-state index in [1.54, 1.807) is 6.07 Å². The van der Waals surface area contributed by atoms with E-state index in [2.05, 4.69) is 0 Å². The van der Waals surface area contributed by atoms with Gasteiger partial charge in [-0.15, -0.1) is 0 Å². The smallest absolute Gasteiger partial charge is 0.423 e. The van der Waals surface area contributed by atoms with Crippen LogP contribution in [0, 0.1) is 0 Å². The molecular weight excluding hydrogens is 215 g/mol. The molecule has 0 saturated heterocycles. The van der Waals surface area contributed by atoms with E-state index in [9.17, 15) is 8.42 Å². The second kappa shape index (κ2) is 5.90. The van der Waals surface area contributed by atoms with Crippen LogP contribution in [-0.4, -0.2) is 31.8 Å². The quantitative estimate of drug-likeness (QED) is 0.690. The molecule has 0 unspecified atom stereocenters. The molecule has 1 aromatic rings. The summed E-state index contributed by atoms with van der Waals surface area (Å²) in [5.41, 5.74) is 0.00463. The lowest BCUT2D eigenvalue weighted by Crippen LogP contribution is -2.33. The van der Waals surface area contributed by atoms with E-state index in [1.807, 2.05) is 13.8 Å². The summed E-state index contributed by atoms with van der Waals surface area (Å²) in [6.45, 7) is 4.00. The molecule has 0 aliphatic carbocycles. The van der Waals surface area contributed by atoms with E-state index in [-0.39, 0.29) is 10.4 Å². The lowest BCUT2D eigenvalue weighted by molar-refractivity contribution is 0.424. The molecule has 0 aliphatic heterocycles. The minimum Gasteiger partial charge on any atom is -0.423 e. The standard InChI is InChI=1S/C7H9BO4S.C2H6/c1-13(11,12)7-5-3-2-4-6(7)8(9)10;1-2/h2-5,9-10H,1H3;1-2H3. The molecule has 0 bridgehead atoms. The van der Waals surface area contributed by atoms with Crippen molar-refractivity contribution >= 4 is 22.4 Å². The molecule has 4 nitrogen and oxygen atoms in total. The highest BCUT2D eigenvalue weighted by Crippen LogP contribution is 2.04. The maximum absolute atomic E-state index is 11.1. The number of benzene rings is 1. The zero-order valence-corrected chi connectivity index (χ0v) is 9.82. The minimum absolute atomic E-state index is 0.00463. The van der Waals surface area contributed by atoms with Crippen molar-refractivity contribution < 1.29 is 18.5 Å². The van der Waals surface area contributed by atoms with Gasteiger partial charge in [0, 0.05) is 11.7 Å². The predicted molar refractivity (Wildman–Crippen MR) is 60.7 cm³/mol. The zero-order valence-electron chi connectivity index (χ0n) is 9.01. The normalized spacial score (nSPS) is 10.2. The van der Waals surface area contributed by atoms with Crippen molar-refractivity contribution in [3.8, 4) is 0 Å². The summed E-state index contributed by atoms with van der Waals surface area (Å²) in [4.78, 5) is -0.0509. The topological polar surface area (TPSA) is 74.6 Å². The van der Waals surface area contributed by atoms with Crippen LogP contribution in [0.3, 0.4) is 0 Å². The first-order chi connectivity index (χ1) is 6.93. The average molecular weight is 230 g/mol. The van der Waals surface area contributed by atoms with Gasteiger partial charge in [0.1, 0.15) is 0 Å². The Morgan fingerprint density at radius 3 is 1.93 bits per heavy atom. The Labute approximate surface area is 90.6 Å². The molecule has 0 aliphatic rings. The summed E-state index contributed by atoms with van der Waals surface area (Å²) in [5.74, 6) is 0. The molecule has 0 atom stereocenters. The van der Waals surface area contributed by atoms with Gasteiger partial charge < -0.3 is 10.0 Å². The first-order valence-electron chi connectivity index (χ1n) is 4.58. The Morgan fingerprint density at radius 2 is 1.60 bits per heavy atom. The largest absolute Gasteiger partial charge is 0.489 e. The van der Waals surface area contributed by atoms with Crippen LogP contribution in [0.5, 0.6) is 0 Å². The van der Waals surface area contributed by atoms with Crippen LogP contribution in [-0.2, 0) is 9.84 Å². The molecule has 0 heterocycles. The molecule has 0 fully saturated rings. The zero-order chi connectivity index (χ0) is 12.1. The van der Waals surface area contributed by atoms with Gasteiger partial charge in [0.15, 0.2) is 9.84 Å². The monoisotopic (exact) mass is 230 g/mol. The van der Waals surface area contributed by atoms with Crippen molar-refractivity contribution in [3.05, 3.63) is 24.3 Å². The van der Waals surface area contributed by atoms with Gasteiger partial charge >= 0.3 is 7.12 Å². The van der Waals surface area contributed by atoms with Crippen LogP contribution in [0.1, 0.15) is 13.8 Å². The second-order valence-electron chi connectivity index (χ2n) is 2.68. The fourth-order valence-corrected chi connectivity index (χ4v) is 1.96. The van der Waals surface area contributed by atoms with E-state index in [0.29, 0.717) is 0 Å². The van der Waals surface area contributed by atoms with Crippen molar-refractivity contribution in [3.63, 3.8) is 0 Å². The fraction of sp³-hybridized carbons (Fsp3) is 0.333. The van der Waals surface area contributed by atoms with Gasteiger partial charge in [0.2, 0.25) is 0 Å². The summed E-state index contributed by atoms with van der Waals surface area (Å²) in [6, 6.07) is 5.77. The van der Waals surface area contributed by atoms with Crippen LogP contribution in [0.2, 0.25) is 0 Å². The summed E-state index contributed by atoms with van der Waals surface area (Å²) in [5, 5.41) is 17.7. The molecule has 2 N–H and O–H groups in total. The third-order valence-corrected chi connectivity index (χ3v) is 2.77. The maximum atomic E-state index is 11.1. The Morgan fingerprint density at radius 1 is 1.13 bits per heavy atom. The van der Waals surface area contributed by atoms with Gasteiger partial charge in [-0.3, -0.25) is 0 Å². The molecule has 84 valence electrons. The number of hydrogen-bond acceptors (Lipinski definition) is 4. The summed E-state index contributed by atoms with van der Waals surface area (Å²) in [7, 11) is -5.16.